The predicted molar refractivity (Wildman–Crippen MR) is 240 cm³/mol. The fourth-order valence-corrected chi connectivity index (χ4v) is 9.25. The van der Waals surface area contributed by atoms with E-state index in [-0.39, 0.29) is 5.41 Å². The normalized spacial score (nSPS) is 12.9. The summed E-state index contributed by atoms with van der Waals surface area (Å²) >= 11 is 0. The zero-order valence-corrected chi connectivity index (χ0v) is 31.9. The molecule has 1 aliphatic carbocycles. The van der Waals surface area contributed by atoms with Crippen LogP contribution in [0.2, 0.25) is 0 Å². The van der Waals surface area contributed by atoms with Crippen LogP contribution >= 0.6 is 0 Å². The van der Waals surface area contributed by atoms with E-state index in [1.54, 1.807) is 0 Å². The van der Waals surface area contributed by atoms with Crippen LogP contribution in [-0.4, -0.2) is 0 Å². The highest BCUT2D eigenvalue weighted by molar-refractivity contribution is 6.09. The summed E-state index contributed by atoms with van der Waals surface area (Å²) in [7, 11) is 0. The van der Waals surface area contributed by atoms with Crippen molar-refractivity contribution in [2.45, 2.75) is 19.3 Å². The van der Waals surface area contributed by atoms with Gasteiger partial charge in [-0.2, -0.15) is 0 Å². The van der Waals surface area contributed by atoms with Gasteiger partial charge in [-0.1, -0.05) is 178 Å². The Morgan fingerprint density at radius 1 is 0.386 bits per heavy atom. The average molecular weight is 730 g/mol. The third-order valence-electron chi connectivity index (χ3n) is 12.1. The summed E-state index contributed by atoms with van der Waals surface area (Å²) in [5.74, 6) is 0. The number of rotatable bonds is 6. The van der Waals surface area contributed by atoms with E-state index in [0.29, 0.717) is 0 Å². The molecule has 0 saturated carbocycles. The minimum Gasteiger partial charge on any atom is -0.455 e. The quantitative estimate of drug-likeness (QED) is 0.169. The first-order valence-electron chi connectivity index (χ1n) is 19.8. The number of furan rings is 1. The van der Waals surface area contributed by atoms with E-state index < -0.39 is 0 Å². The molecule has 11 rings (SSSR count). The average Bonchev–Trinajstić information content (AvgIpc) is 3.76. The molecule has 0 N–H and O–H groups in total. The Balaban J connectivity index is 1.14. The molecule has 0 saturated heterocycles. The number of para-hydroxylation sites is 2. The van der Waals surface area contributed by atoms with Crippen LogP contribution in [0.25, 0.3) is 77.2 Å². The number of benzene rings is 9. The number of nitrogens with zero attached hydrogens (tertiary/aromatic N) is 1. The monoisotopic (exact) mass is 729 g/mol. The van der Waals surface area contributed by atoms with Crippen LogP contribution in [-0.2, 0) is 5.41 Å². The largest absolute Gasteiger partial charge is 0.455 e. The van der Waals surface area contributed by atoms with E-state index in [2.05, 4.69) is 207 Å². The molecular weight excluding hydrogens is 691 g/mol. The second-order valence-electron chi connectivity index (χ2n) is 15.7. The van der Waals surface area contributed by atoms with Crippen LogP contribution in [0.1, 0.15) is 25.0 Å². The van der Waals surface area contributed by atoms with Gasteiger partial charge < -0.3 is 9.32 Å². The van der Waals surface area contributed by atoms with Crippen molar-refractivity contribution in [3.05, 3.63) is 211 Å². The molecule has 57 heavy (non-hydrogen) atoms. The summed E-state index contributed by atoms with van der Waals surface area (Å²) in [6.07, 6.45) is 0. The minimum absolute atomic E-state index is 0.143. The van der Waals surface area contributed by atoms with Gasteiger partial charge in [0.1, 0.15) is 11.2 Å². The maximum Gasteiger partial charge on any atom is 0.143 e. The summed E-state index contributed by atoms with van der Waals surface area (Å²) in [6.45, 7) is 4.71. The van der Waals surface area contributed by atoms with Crippen LogP contribution in [0.15, 0.2) is 205 Å². The van der Waals surface area contributed by atoms with Gasteiger partial charge in [-0.25, -0.2) is 0 Å². The Hall–Kier alpha value is -7.16. The van der Waals surface area contributed by atoms with Crippen molar-refractivity contribution in [3.8, 4) is 44.5 Å². The molecule has 0 spiro atoms. The van der Waals surface area contributed by atoms with Crippen molar-refractivity contribution in [1.82, 2.24) is 0 Å². The smallest absolute Gasteiger partial charge is 0.143 e. The van der Waals surface area contributed by atoms with Crippen LogP contribution < -0.4 is 4.90 Å². The van der Waals surface area contributed by atoms with Gasteiger partial charge in [-0.15, -0.1) is 0 Å². The molecule has 2 nitrogen and oxygen atoms in total. The van der Waals surface area contributed by atoms with Crippen LogP contribution in [0, 0.1) is 0 Å². The van der Waals surface area contributed by atoms with Crippen LogP contribution in [0.3, 0.4) is 0 Å². The van der Waals surface area contributed by atoms with Crippen LogP contribution in [0.5, 0.6) is 0 Å². The molecule has 2 heteroatoms. The zero-order valence-electron chi connectivity index (χ0n) is 31.9. The van der Waals surface area contributed by atoms with Crippen molar-refractivity contribution in [3.63, 3.8) is 0 Å². The number of fused-ring (bicyclic) bond motifs is 7. The fraction of sp³-hybridized carbons (Fsp3) is 0.0545. The highest BCUT2D eigenvalue weighted by Crippen LogP contribution is 2.52. The lowest BCUT2D eigenvalue weighted by Crippen LogP contribution is -2.17. The maximum absolute atomic E-state index is 6.48. The van der Waals surface area contributed by atoms with Crippen molar-refractivity contribution in [2.24, 2.45) is 0 Å². The summed E-state index contributed by atoms with van der Waals surface area (Å²) in [5, 5.41) is 4.74. The molecule has 270 valence electrons. The molecule has 1 heterocycles. The lowest BCUT2D eigenvalue weighted by Gasteiger charge is -2.30. The van der Waals surface area contributed by atoms with Gasteiger partial charge in [0.05, 0.1) is 5.69 Å². The van der Waals surface area contributed by atoms with Gasteiger partial charge in [-0.3, -0.25) is 0 Å². The molecule has 0 aliphatic heterocycles. The van der Waals surface area contributed by atoms with Crippen molar-refractivity contribution < 1.29 is 4.42 Å². The highest BCUT2D eigenvalue weighted by atomic mass is 16.3. The maximum atomic E-state index is 6.48. The minimum atomic E-state index is -0.143. The van der Waals surface area contributed by atoms with Gasteiger partial charge in [-0.05, 0) is 91.7 Å². The van der Waals surface area contributed by atoms with Crippen molar-refractivity contribution >= 4 is 49.8 Å². The molecule has 10 aromatic rings. The summed E-state index contributed by atoms with van der Waals surface area (Å²) in [6, 6.07) is 72.8. The molecule has 0 bridgehead atoms. The van der Waals surface area contributed by atoms with Gasteiger partial charge in [0, 0.05) is 38.7 Å². The Kier molecular flexibility index (Phi) is 7.55. The van der Waals surface area contributed by atoms with E-state index in [1.807, 2.05) is 12.1 Å². The Morgan fingerprint density at radius 2 is 0.982 bits per heavy atom. The molecule has 9 aromatic carbocycles. The van der Waals surface area contributed by atoms with Crippen LogP contribution in [0.4, 0.5) is 17.1 Å². The first-order valence-corrected chi connectivity index (χ1v) is 19.8. The molecule has 0 radical (unpaired) electrons. The molecule has 1 aliphatic rings. The second kappa shape index (κ2) is 13.0. The lowest BCUT2D eigenvalue weighted by atomic mass is 9.82. The van der Waals surface area contributed by atoms with Gasteiger partial charge in [0.25, 0.3) is 0 Å². The summed E-state index contributed by atoms with van der Waals surface area (Å²) < 4.78 is 6.48. The summed E-state index contributed by atoms with van der Waals surface area (Å²) in [5.41, 5.74) is 17.3. The lowest BCUT2D eigenvalue weighted by molar-refractivity contribution is 0.660. The molecule has 0 atom stereocenters. The number of hydrogen-bond donors (Lipinski definition) is 0. The third-order valence-corrected chi connectivity index (χ3v) is 12.1. The second-order valence-corrected chi connectivity index (χ2v) is 15.7. The Bertz CT molecular complexity index is 3150. The van der Waals surface area contributed by atoms with E-state index in [0.717, 1.165) is 50.1 Å². The third kappa shape index (κ3) is 5.33. The molecule has 0 amide bonds. The van der Waals surface area contributed by atoms with Gasteiger partial charge in [0.2, 0.25) is 0 Å². The fourth-order valence-electron chi connectivity index (χ4n) is 9.25. The van der Waals surface area contributed by atoms with E-state index in [4.69, 9.17) is 4.42 Å². The van der Waals surface area contributed by atoms with Crippen molar-refractivity contribution in [1.29, 1.82) is 0 Å². The van der Waals surface area contributed by atoms with E-state index in [1.165, 1.54) is 55.3 Å². The first-order chi connectivity index (χ1) is 28.0. The van der Waals surface area contributed by atoms with E-state index in [9.17, 15) is 0 Å². The first kappa shape index (κ1) is 33.2. The highest BCUT2D eigenvalue weighted by Gasteiger charge is 2.36. The molecule has 1 aromatic heterocycles. The topological polar surface area (TPSA) is 16.4 Å². The number of anilines is 3. The molecule has 0 unspecified atom stereocenters. The predicted octanol–water partition coefficient (Wildman–Crippen LogP) is 15.5. The molecule has 0 fully saturated rings. The molecular formula is C55H39NO. The van der Waals surface area contributed by atoms with Gasteiger partial charge in [0.15, 0.2) is 0 Å². The van der Waals surface area contributed by atoms with Gasteiger partial charge >= 0.3 is 0 Å². The number of hydrogen-bond acceptors (Lipinski definition) is 2. The SMILES string of the molecule is CC1(C)c2ccccc2-c2ccc(N(c3ccc(-c4cccc5c4oc4ccccc45)cc3)c3cc(-c4cccc5ccccc45)ccc3-c3ccccc3)cc21. The van der Waals surface area contributed by atoms with Crippen molar-refractivity contribution in [2.75, 3.05) is 4.90 Å². The van der Waals surface area contributed by atoms with E-state index >= 15 is 0 Å². The standard InChI is InChI=1S/C55H39NO/c1-55(2)50-24-10-8-19-46(50)47-33-31-41(35-51(47)55)56(40-29-26-38(27-30-40)45-22-13-23-49-48-20-9-11-25-53(48)57-54(45)49)52-34-39(28-32-44(52)37-14-4-3-5-15-37)43-21-12-17-36-16-6-7-18-42(36)43/h3-35H,1-2H3. The summed E-state index contributed by atoms with van der Waals surface area (Å²) in [4.78, 5) is 2.46. The zero-order chi connectivity index (χ0) is 38.1. The Morgan fingerprint density at radius 3 is 1.86 bits per heavy atom. The Labute approximate surface area is 332 Å².